The molecule has 1 aromatic carbocycles. The Morgan fingerprint density at radius 3 is 2.20 bits per heavy atom. The lowest BCUT2D eigenvalue weighted by Crippen LogP contribution is -2.30. The highest BCUT2D eigenvalue weighted by Gasteiger charge is 2.07. The zero-order valence-corrected chi connectivity index (χ0v) is 13.5. The van der Waals surface area contributed by atoms with Crippen molar-refractivity contribution in [2.75, 3.05) is 37.6 Å². The lowest BCUT2D eigenvalue weighted by molar-refractivity contribution is 0.281. The molecule has 0 saturated heterocycles. The summed E-state index contributed by atoms with van der Waals surface area (Å²) in [7, 11) is 0. The number of anilines is 1. The lowest BCUT2D eigenvalue weighted by Gasteiger charge is -2.26. The van der Waals surface area contributed by atoms with Crippen molar-refractivity contribution in [1.29, 1.82) is 0 Å². The molecule has 0 amide bonds. The zero-order valence-electron chi connectivity index (χ0n) is 13.5. The molecular weight excluding hydrogens is 248 g/mol. The number of hydrogen-bond acceptors (Lipinski definition) is 3. The Balaban J connectivity index is 2.59. The molecule has 0 aliphatic carbocycles. The molecule has 0 radical (unpaired) electrons. The monoisotopic (exact) mass is 278 g/mol. The van der Waals surface area contributed by atoms with Crippen LogP contribution in [0, 0.1) is 6.92 Å². The van der Waals surface area contributed by atoms with Crippen molar-refractivity contribution >= 4 is 5.69 Å². The Labute approximate surface area is 124 Å². The van der Waals surface area contributed by atoms with Gasteiger partial charge in [0.15, 0.2) is 0 Å². The van der Waals surface area contributed by atoms with Gasteiger partial charge in [-0.2, -0.15) is 0 Å². The van der Waals surface area contributed by atoms with Gasteiger partial charge in [0.05, 0.1) is 6.61 Å². The Bertz CT molecular complexity index is 389. The van der Waals surface area contributed by atoms with Crippen molar-refractivity contribution in [3.63, 3.8) is 0 Å². The predicted octanol–water partition coefficient (Wildman–Crippen LogP) is 3.05. The second-order valence-corrected chi connectivity index (χ2v) is 5.23. The second-order valence-electron chi connectivity index (χ2n) is 5.23. The van der Waals surface area contributed by atoms with Crippen LogP contribution in [-0.4, -0.2) is 42.7 Å². The van der Waals surface area contributed by atoms with E-state index in [-0.39, 0.29) is 6.61 Å². The van der Waals surface area contributed by atoms with E-state index in [0.29, 0.717) is 0 Å². The Morgan fingerprint density at radius 2 is 1.70 bits per heavy atom. The topological polar surface area (TPSA) is 26.7 Å². The molecule has 0 heterocycles. The van der Waals surface area contributed by atoms with Gasteiger partial charge in [0.25, 0.3) is 0 Å². The minimum absolute atomic E-state index is 0.125. The number of aliphatic hydroxyl groups is 1. The summed E-state index contributed by atoms with van der Waals surface area (Å²) in [4.78, 5) is 4.88. The third-order valence-electron chi connectivity index (χ3n) is 4.04. The molecule has 20 heavy (non-hydrogen) atoms. The maximum atomic E-state index is 9.24. The van der Waals surface area contributed by atoms with Crippen molar-refractivity contribution in [2.24, 2.45) is 0 Å². The van der Waals surface area contributed by atoms with Gasteiger partial charge in [0.1, 0.15) is 0 Å². The van der Waals surface area contributed by atoms with E-state index < -0.39 is 0 Å². The van der Waals surface area contributed by atoms with Crippen molar-refractivity contribution in [3.05, 3.63) is 29.3 Å². The highest BCUT2D eigenvalue weighted by Crippen LogP contribution is 2.19. The third kappa shape index (κ3) is 4.80. The number of hydrogen-bond donors (Lipinski definition) is 1. The van der Waals surface area contributed by atoms with Crippen LogP contribution in [0.1, 0.15) is 38.3 Å². The van der Waals surface area contributed by atoms with Crippen LogP contribution in [0.15, 0.2) is 18.2 Å². The first-order valence-electron chi connectivity index (χ1n) is 7.83. The van der Waals surface area contributed by atoms with Crippen LogP contribution < -0.4 is 4.90 Å². The summed E-state index contributed by atoms with van der Waals surface area (Å²) in [5, 5.41) is 9.24. The van der Waals surface area contributed by atoms with Gasteiger partial charge in [-0.05, 0) is 63.2 Å². The molecular formula is C17H30N2O. The first-order chi connectivity index (χ1) is 9.65. The van der Waals surface area contributed by atoms with E-state index in [1.165, 1.54) is 17.7 Å². The predicted molar refractivity (Wildman–Crippen MR) is 87.4 cm³/mol. The standard InChI is InChI=1S/C17H30N2O/c1-5-18(6-2)11-8-12-19(7-3)17-10-9-16(14-20)15(4)13-17/h9-10,13,20H,5-8,11-12,14H2,1-4H3. The molecule has 0 aromatic heterocycles. The summed E-state index contributed by atoms with van der Waals surface area (Å²) in [5.74, 6) is 0. The van der Waals surface area contributed by atoms with E-state index in [1.807, 2.05) is 6.07 Å². The van der Waals surface area contributed by atoms with E-state index in [4.69, 9.17) is 0 Å². The van der Waals surface area contributed by atoms with Crippen molar-refractivity contribution < 1.29 is 5.11 Å². The molecule has 1 aromatic rings. The molecule has 0 aliphatic rings. The van der Waals surface area contributed by atoms with Crippen LogP contribution in [0.25, 0.3) is 0 Å². The Morgan fingerprint density at radius 1 is 1.00 bits per heavy atom. The molecule has 1 rings (SSSR count). The van der Waals surface area contributed by atoms with Crippen LogP contribution in [0.3, 0.4) is 0 Å². The first-order valence-corrected chi connectivity index (χ1v) is 7.83. The van der Waals surface area contributed by atoms with Gasteiger partial charge in [-0.1, -0.05) is 19.9 Å². The third-order valence-corrected chi connectivity index (χ3v) is 4.04. The van der Waals surface area contributed by atoms with Crippen molar-refractivity contribution in [2.45, 2.75) is 40.7 Å². The summed E-state index contributed by atoms with van der Waals surface area (Å²) in [5.41, 5.74) is 3.46. The fourth-order valence-corrected chi connectivity index (χ4v) is 2.55. The number of aliphatic hydroxyl groups excluding tert-OH is 1. The van der Waals surface area contributed by atoms with Gasteiger partial charge >= 0.3 is 0 Å². The molecule has 114 valence electrons. The number of rotatable bonds is 9. The summed E-state index contributed by atoms with van der Waals surface area (Å²) < 4.78 is 0. The zero-order chi connectivity index (χ0) is 15.0. The minimum Gasteiger partial charge on any atom is -0.392 e. The van der Waals surface area contributed by atoms with Crippen LogP contribution in [0.4, 0.5) is 5.69 Å². The van der Waals surface area contributed by atoms with E-state index in [1.54, 1.807) is 0 Å². The minimum atomic E-state index is 0.125. The van der Waals surface area contributed by atoms with Gasteiger partial charge in [-0.25, -0.2) is 0 Å². The van der Waals surface area contributed by atoms with E-state index in [2.05, 4.69) is 49.6 Å². The molecule has 0 atom stereocenters. The van der Waals surface area contributed by atoms with Crippen LogP contribution in [0.2, 0.25) is 0 Å². The summed E-state index contributed by atoms with van der Waals surface area (Å²) in [6.07, 6.45) is 1.19. The molecule has 1 N–H and O–H groups in total. The maximum absolute atomic E-state index is 9.24. The van der Waals surface area contributed by atoms with Gasteiger partial charge in [0, 0.05) is 18.8 Å². The molecule has 3 heteroatoms. The molecule has 3 nitrogen and oxygen atoms in total. The second kappa shape index (κ2) is 8.98. The lowest BCUT2D eigenvalue weighted by atomic mass is 10.1. The van der Waals surface area contributed by atoms with Crippen molar-refractivity contribution in [1.82, 2.24) is 4.90 Å². The van der Waals surface area contributed by atoms with Crippen LogP contribution in [-0.2, 0) is 6.61 Å². The Hall–Kier alpha value is -1.06. The molecule has 0 unspecified atom stereocenters. The van der Waals surface area contributed by atoms with Crippen LogP contribution in [0.5, 0.6) is 0 Å². The van der Waals surface area contributed by atoms with Gasteiger partial charge in [-0.15, -0.1) is 0 Å². The van der Waals surface area contributed by atoms with Crippen molar-refractivity contribution in [3.8, 4) is 0 Å². The average Bonchev–Trinajstić information content (AvgIpc) is 2.47. The van der Waals surface area contributed by atoms with E-state index >= 15 is 0 Å². The average molecular weight is 278 g/mol. The molecule has 0 aliphatic heterocycles. The summed E-state index contributed by atoms with van der Waals surface area (Å²) in [6.45, 7) is 14.4. The van der Waals surface area contributed by atoms with Gasteiger partial charge in [0.2, 0.25) is 0 Å². The van der Waals surface area contributed by atoms with Gasteiger partial charge in [-0.3, -0.25) is 0 Å². The molecule has 0 saturated carbocycles. The fraction of sp³-hybridized carbons (Fsp3) is 0.647. The SMILES string of the molecule is CCN(CC)CCCN(CC)c1ccc(CO)c(C)c1. The quantitative estimate of drug-likeness (QED) is 0.752. The molecule has 0 bridgehead atoms. The fourth-order valence-electron chi connectivity index (χ4n) is 2.55. The number of aryl methyl sites for hydroxylation is 1. The van der Waals surface area contributed by atoms with Crippen LogP contribution >= 0.6 is 0 Å². The highest BCUT2D eigenvalue weighted by molar-refractivity contribution is 5.50. The molecule has 0 fully saturated rings. The largest absolute Gasteiger partial charge is 0.392 e. The van der Waals surface area contributed by atoms with Gasteiger partial charge < -0.3 is 14.9 Å². The summed E-state index contributed by atoms with van der Waals surface area (Å²) in [6, 6.07) is 6.35. The highest BCUT2D eigenvalue weighted by atomic mass is 16.3. The smallest absolute Gasteiger partial charge is 0.0684 e. The number of nitrogens with zero attached hydrogens (tertiary/aromatic N) is 2. The van der Waals surface area contributed by atoms with E-state index in [0.717, 1.165) is 38.3 Å². The Kier molecular flexibility index (Phi) is 7.63. The first kappa shape index (κ1) is 17.0. The molecule has 0 spiro atoms. The normalized spacial score (nSPS) is 11.1. The number of benzene rings is 1. The maximum Gasteiger partial charge on any atom is 0.0684 e. The van der Waals surface area contributed by atoms with E-state index in [9.17, 15) is 5.11 Å². The summed E-state index contributed by atoms with van der Waals surface area (Å²) >= 11 is 0.